The van der Waals surface area contributed by atoms with Crippen molar-refractivity contribution < 1.29 is 23.0 Å². The lowest BCUT2D eigenvalue weighted by atomic mass is 10.1. The fourth-order valence-electron chi connectivity index (χ4n) is 3.79. The molecule has 0 spiro atoms. The van der Waals surface area contributed by atoms with Gasteiger partial charge < -0.3 is 25.8 Å². The number of hydrogen-bond acceptors (Lipinski definition) is 6. The number of nitrogens with two attached hydrogens (primary N) is 2. The number of ether oxygens (including phenoxy) is 2. The summed E-state index contributed by atoms with van der Waals surface area (Å²) in [6, 6.07) is 1.88. The number of nitrogens with zero attached hydrogens (tertiary/aromatic N) is 2. The number of methoxy groups -OCH3 is 1. The Morgan fingerprint density at radius 2 is 2.00 bits per heavy atom. The number of hydrogen-bond donors (Lipinski definition) is 2. The SMILES string of the molecule is COc1c(F)cc(F)cc1/C(N)=C/C1=C(N)N(C(=O)OC(C)(C)C)CC2CCCN12. The molecule has 7 nitrogen and oxygen atoms in total. The van der Waals surface area contributed by atoms with Gasteiger partial charge in [0.05, 0.1) is 19.4 Å². The van der Waals surface area contributed by atoms with Gasteiger partial charge in [-0.1, -0.05) is 0 Å². The maximum atomic E-state index is 14.1. The van der Waals surface area contributed by atoms with E-state index >= 15 is 0 Å². The van der Waals surface area contributed by atoms with Gasteiger partial charge in [0, 0.05) is 29.9 Å². The molecule has 3 rings (SSSR count). The van der Waals surface area contributed by atoms with E-state index in [-0.39, 0.29) is 28.9 Å². The second-order valence-corrected chi connectivity index (χ2v) is 8.42. The zero-order chi connectivity index (χ0) is 22.2. The zero-order valence-corrected chi connectivity index (χ0v) is 17.7. The number of rotatable bonds is 3. The van der Waals surface area contributed by atoms with Gasteiger partial charge in [0.25, 0.3) is 0 Å². The highest BCUT2D eigenvalue weighted by atomic mass is 19.1. The zero-order valence-electron chi connectivity index (χ0n) is 17.7. The van der Waals surface area contributed by atoms with Crippen LogP contribution in [0.2, 0.25) is 0 Å². The molecule has 0 saturated carbocycles. The molecule has 4 N–H and O–H groups in total. The Bertz CT molecular complexity index is 908. The summed E-state index contributed by atoms with van der Waals surface area (Å²) in [5, 5.41) is 0. The molecule has 1 fully saturated rings. The number of fused-ring (bicyclic) bond motifs is 1. The lowest BCUT2D eigenvalue weighted by molar-refractivity contribution is 0.0244. The van der Waals surface area contributed by atoms with Gasteiger partial charge in [-0.3, -0.25) is 4.90 Å². The van der Waals surface area contributed by atoms with E-state index in [0.717, 1.165) is 31.5 Å². The highest BCUT2D eigenvalue weighted by Gasteiger charge is 2.38. The van der Waals surface area contributed by atoms with Crippen molar-refractivity contribution in [2.24, 2.45) is 11.5 Å². The number of benzene rings is 1. The summed E-state index contributed by atoms with van der Waals surface area (Å²) >= 11 is 0. The Kier molecular flexibility index (Phi) is 5.83. The molecule has 1 amide bonds. The summed E-state index contributed by atoms with van der Waals surface area (Å²) in [6.07, 6.45) is 2.78. The van der Waals surface area contributed by atoms with E-state index in [1.54, 1.807) is 20.8 Å². The van der Waals surface area contributed by atoms with Crippen LogP contribution in [0, 0.1) is 11.6 Å². The van der Waals surface area contributed by atoms with E-state index in [0.29, 0.717) is 12.2 Å². The summed E-state index contributed by atoms with van der Waals surface area (Å²) in [5.41, 5.74) is 12.5. The minimum atomic E-state index is -0.858. The first-order valence-corrected chi connectivity index (χ1v) is 9.79. The molecule has 9 heteroatoms. The van der Waals surface area contributed by atoms with E-state index in [1.807, 2.05) is 0 Å². The van der Waals surface area contributed by atoms with Crippen molar-refractivity contribution in [1.29, 1.82) is 0 Å². The number of carbonyl (C=O) groups is 1. The Morgan fingerprint density at radius 3 is 2.63 bits per heavy atom. The molecule has 2 heterocycles. The lowest BCUT2D eigenvalue weighted by Crippen LogP contribution is -2.51. The second kappa shape index (κ2) is 8.04. The minimum absolute atomic E-state index is 0.0509. The van der Waals surface area contributed by atoms with Gasteiger partial charge in [0.1, 0.15) is 17.2 Å². The number of allylic oxidation sites excluding steroid dienone is 1. The van der Waals surface area contributed by atoms with Crippen molar-refractivity contribution in [3.05, 3.63) is 46.9 Å². The van der Waals surface area contributed by atoms with Gasteiger partial charge >= 0.3 is 6.09 Å². The number of amides is 1. The highest BCUT2D eigenvalue weighted by molar-refractivity contribution is 5.73. The van der Waals surface area contributed by atoms with Crippen LogP contribution in [-0.4, -0.2) is 47.7 Å². The topological polar surface area (TPSA) is 94.0 Å². The third-order valence-electron chi connectivity index (χ3n) is 5.06. The molecule has 0 aromatic heterocycles. The van der Waals surface area contributed by atoms with Crippen LogP contribution in [0.25, 0.3) is 5.70 Å². The van der Waals surface area contributed by atoms with Crippen molar-refractivity contribution >= 4 is 11.8 Å². The van der Waals surface area contributed by atoms with Crippen LogP contribution >= 0.6 is 0 Å². The number of halogens is 2. The van der Waals surface area contributed by atoms with Crippen molar-refractivity contribution in [1.82, 2.24) is 9.80 Å². The van der Waals surface area contributed by atoms with Crippen LogP contribution in [0.5, 0.6) is 5.75 Å². The van der Waals surface area contributed by atoms with E-state index in [1.165, 1.54) is 18.1 Å². The van der Waals surface area contributed by atoms with Gasteiger partial charge in [0.15, 0.2) is 11.6 Å². The first kappa shape index (κ1) is 21.7. The smallest absolute Gasteiger partial charge is 0.416 e. The van der Waals surface area contributed by atoms with E-state index < -0.39 is 23.3 Å². The third kappa shape index (κ3) is 4.29. The minimum Gasteiger partial charge on any atom is -0.493 e. The Balaban J connectivity index is 2.05. The van der Waals surface area contributed by atoms with Crippen LogP contribution < -0.4 is 16.2 Å². The van der Waals surface area contributed by atoms with Gasteiger partial charge in [0.2, 0.25) is 0 Å². The summed E-state index contributed by atoms with van der Waals surface area (Å²) < 4.78 is 38.5. The predicted octanol–water partition coefficient (Wildman–Crippen LogP) is 3.12. The van der Waals surface area contributed by atoms with Crippen LogP contribution in [0.15, 0.2) is 29.7 Å². The maximum absolute atomic E-state index is 14.1. The van der Waals surface area contributed by atoms with Crippen LogP contribution in [-0.2, 0) is 4.74 Å². The molecule has 1 atom stereocenters. The quantitative estimate of drug-likeness (QED) is 0.777. The van der Waals surface area contributed by atoms with E-state index in [2.05, 4.69) is 4.90 Å². The molecule has 2 aliphatic heterocycles. The predicted molar refractivity (Wildman–Crippen MR) is 109 cm³/mol. The molecule has 0 bridgehead atoms. The molecule has 1 aromatic rings. The summed E-state index contributed by atoms with van der Waals surface area (Å²) in [7, 11) is 1.28. The van der Waals surface area contributed by atoms with Crippen molar-refractivity contribution in [3.8, 4) is 5.75 Å². The molecular weight excluding hydrogens is 394 g/mol. The van der Waals surface area contributed by atoms with Gasteiger partial charge in [-0.2, -0.15) is 0 Å². The molecule has 30 heavy (non-hydrogen) atoms. The maximum Gasteiger partial charge on any atom is 0.416 e. The van der Waals surface area contributed by atoms with E-state index in [4.69, 9.17) is 20.9 Å². The number of carbonyl (C=O) groups excluding carboxylic acids is 1. The Morgan fingerprint density at radius 1 is 1.30 bits per heavy atom. The summed E-state index contributed by atoms with van der Waals surface area (Å²) in [6.45, 7) is 6.47. The van der Waals surface area contributed by atoms with Crippen LogP contribution in [0.3, 0.4) is 0 Å². The summed E-state index contributed by atoms with van der Waals surface area (Å²) in [4.78, 5) is 16.2. The molecule has 0 radical (unpaired) electrons. The standard InChI is InChI=1S/C21H28F2N4O3/c1-21(2,3)30-20(28)27-11-13-6-5-7-26(13)17(19(27)25)10-16(24)14-8-12(22)9-15(23)18(14)29-4/h8-10,13H,5-7,11,24-25H2,1-4H3/b16-10-. The molecule has 1 unspecified atom stereocenters. The van der Waals surface area contributed by atoms with Crippen molar-refractivity contribution in [2.75, 3.05) is 20.2 Å². The first-order valence-electron chi connectivity index (χ1n) is 9.79. The largest absolute Gasteiger partial charge is 0.493 e. The molecule has 0 aliphatic carbocycles. The highest BCUT2D eigenvalue weighted by Crippen LogP contribution is 2.34. The van der Waals surface area contributed by atoms with Crippen LogP contribution in [0.1, 0.15) is 39.2 Å². The average molecular weight is 422 g/mol. The first-order chi connectivity index (χ1) is 14.0. The fraction of sp³-hybridized carbons (Fsp3) is 0.476. The summed E-state index contributed by atoms with van der Waals surface area (Å²) in [5.74, 6) is -1.62. The molecule has 2 aliphatic rings. The van der Waals surface area contributed by atoms with Crippen molar-refractivity contribution in [3.63, 3.8) is 0 Å². The molecule has 164 valence electrons. The third-order valence-corrected chi connectivity index (χ3v) is 5.06. The van der Waals surface area contributed by atoms with Gasteiger partial charge in [-0.25, -0.2) is 13.6 Å². The van der Waals surface area contributed by atoms with E-state index in [9.17, 15) is 13.6 Å². The normalized spacial score (nSPS) is 19.8. The monoisotopic (exact) mass is 422 g/mol. The Labute approximate surface area is 174 Å². The Hall–Kier alpha value is -2.97. The van der Waals surface area contributed by atoms with Gasteiger partial charge in [-0.15, -0.1) is 0 Å². The average Bonchev–Trinajstić information content (AvgIpc) is 3.10. The molecular formula is C21H28F2N4O3. The fourth-order valence-corrected chi connectivity index (χ4v) is 3.79. The van der Waals surface area contributed by atoms with Crippen LogP contribution in [0.4, 0.5) is 13.6 Å². The van der Waals surface area contributed by atoms with Gasteiger partial charge in [-0.05, 0) is 45.8 Å². The lowest BCUT2D eigenvalue weighted by Gasteiger charge is -2.40. The second-order valence-electron chi connectivity index (χ2n) is 8.42. The molecule has 1 saturated heterocycles. The van der Waals surface area contributed by atoms with Crippen molar-refractivity contribution in [2.45, 2.75) is 45.3 Å². The molecule has 1 aromatic carbocycles.